The Labute approximate surface area is 92.4 Å². The molecule has 0 saturated carbocycles. The quantitative estimate of drug-likeness (QED) is 0.653. The van der Waals surface area contributed by atoms with E-state index in [2.05, 4.69) is 0 Å². The molecular weight excluding hydrogens is 251 g/mol. The van der Waals surface area contributed by atoms with Gasteiger partial charge in [-0.15, -0.1) is 0 Å². The molecule has 0 bridgehead atoms. The van der Waals surface area contributed by atoms with Crippen LogP contribution in [-0.4, -0.2) is 10.0 Å². The Morgan fingerprint density at radius 3 is 2.38 bits per heavy atom. The van der Waals surface area contributed by atoms with Gasteiger partial charge in [-0.2, -0.15) is 13.2 Å². The smallest absolute Gasteiger partial charge is 0.392 e. The highest BCUT2D eigenvalue weighted by Crippen LogP contribution is 2.37. The number of aliphatic hydroxyl groups excluding tert-OH is 1. The zero-order chi connectivity index (χ0) is 12.5. The lowest BCUT2D eigenvalue weighted by Gasteiger charge is -2.09. The molecule has 0 fully saturated rings. The van der Waals surface area contributed by atoms with Crippen molar-refractivity contribution >= 4 is 17.3 Å². The second kappa shape index (κ2) is 4.26. The van der Waals surface area contributed by atoms with E-state index in [-0.39, 0.29) is 5.56 Å². The van der Waals surface area contributed by atoms with E-state index in [1.165, 1.54) is 0 Å². The maximum Gasteiger partial charge on any atom is 0.416 e. The summed E-state index contributed by atoms with van der Waals surface area (Å²) >= 11 is 5.46. The molecule has 0 aliphatic heterocycles. The average Bonchev–Trinajstić information content (AvgIpc) is 2.15. The Morgan fingerprint density at radius 2 is 2.00 bits per heavy atom. The number of nitro groups is 1. The van der Waals surface area contributed by atoms with Gasteiger partial charge in [0.25, 0.3) is 5.69 Å². The molecule has 0 saturated heterocycles. The summed E-state index contributed by atoms with van der Waals surface area (Å²) in [5.74, 6) is 0. The second-order valence-corrected chi connectivity index (χ2v) is 3.26. The first-order chi connectivity index (χ1) is 7.27. The van der Waals surface area contributed by atoms with E-state index in [4.69, 9.17) is 16.7 Å². The van der Waals surface area contributed by atoms with Gasteiger partial charge in [-0.05, 0) is 6.07 Å². The van der Waals surface area contributed by atoms with Gasteiger partial charge in [-0.1, -0.05) is 11.6 Å². The minimum atomic E-state index is -4.72. The van der Waals surface area contributed by atoms with Crippen LogP contribution in [0.2, 0.25) is 5.02 Å². The number of halogens is 4. The molecule has 0 heterocycles. The van der Waals surface area contributed by atoms with Crippen molar-refractivity contribution in [3.05, 3.63) is 38.4 Å². The summed E-state index contributed by atoms with van der Waals surface area (Å²) in [5.41, 5.74) is -2.42. The van der Waals surface area contributed by atoms with Gasteiger partial charge in [-0.25, -0.2) is 0 Å². The first kappa shape index (κ1) is 12.7. The zero-order valence-corrected chi connectivity index (χ0v) is 8.34. The largest absolute Gasteiger partial charge is 0.416 e. The van der Waals surface area contributed by atoms with Gasteiger partial charge < -0.3 is 5.11 Å². The van der Waals surface area contributed by atoms with E-state index >= 15 is 0 Å². The Hall–Kier alpha value is -1.34. The van der Waals surface area contributed by atoms with E-state index < -0.39 is 34.0 Å². The SMILES string of the molecule is O=[N+]([O-])c1cc(C(F)(F)F)cc(CO)c1Cl. The van der Waals surface area contributed by atoms with Crippen LogP contribution in [0.3, 0.4) is 0 Å². The fourth-order valence-corrected chi connectivity index (χ4v) is 1.32. The summed E-state index contributed by atoms with van der Waals surface area (Å²) in [6, 6.07) is 0.914. The molecule has 4 nitrogen and oxygen atoms in total. The molecule has 1 N–H and O–H groups in total. The third kappa shape index (κ3) is 2.42. The summed E-state index contributed by atoms with van der Waals surface area (Å²) in [7, 11) is 0. The van der Waals surface area contributed by atoms with E-state index in [9.17, 15) is 23.3 Å². The summed E-state index contributed by atoms with van der Waals surface area (Å²) < 4.78 is 37.0. The van der Waals surface area contributed by atoms with Crippen molar-refractivity contribution in [3.63, 3.8) is 0 Å². The number of nitro benzene ring substituents is 1. The Morgan fingerprint density at radius 1 is 1.44 bits per heavy atom. The van der Waals surface area contributed by atoms with Crippen molar-refractivity contribution < 1.29 is 23.2 Å². The molecule has 0 spiro atoms. The molecule has 0 aliphatic rings. The van der Waals surface area contributed by atoms with Crippen LogP contribution in [0.15, 0.2) is 12.1 Å². The number of hydrogen-bond donors (Lipinski definition) is 1. The predicted molar refractivity (Wildman–Crippen MR) is 49.0 cm³/mol. The minimum absolute atomic E-state index is 0.330. The fraction of sp³-hybridized carbons (Fsp3) is 0.250. The van der Waals surface area contributed by atoms with Gasteiger partial charge in [0.15, 0.2) is 0 Å². The Bertz CT molecular complexity index is 433. The fourth-order valence-electron chi connectivity index (χ4n) is 1.08. The van der Waals surface area contributed by atoms with E-state index in [0.29, 0.717) is 12.1 Å². The molecule has 8 heteroatoms. The molecule has 1 aromatic carbocycles. The highest BCUT2D eigenvalue weighted by Gasteiger charge is 2.34. The predicted octanol–water partition coefficient (Wildman–Crippen LogP) is 2.76. The van der Waals surface area contributed by atoms with Crippen molar-refractivity contribution in [3.8, 4) is 0 Å². The third-order valence-electron chi connectivity index (χ3n) is 1.82. The molecule has 0 aliphatic carbocycles. The molecule has 0 atom stereocenters. The molecule has 0 unspecified atom stereocenters. The van der Waals surface area contributed by atoms with Gasteiger partial charge in [-0.3, -0.25) is 10.1 Å². The molecule has 88 valence electrons. The van der Waals surface area contributed by atoms with Crippen molar-refractivity contribution in [1.82, 2.24) is 0 Å². The van der Waals surface area contributed by atoms with E-state index in [1.54, 1.807) is 0 Å². The topological polar surface area (TPSA) is 63.4 Å². The first-order valence-electron chi connectivity index (χ1n) is 3.92. The van der Waals surface area contributed by atoms with Gasteiger partial charge in [0.2, 0.25) is 0 Å². The molecule has 0 radical (unpaired) electrons. The minimum Gasteiger partial charge on any atom is -0.392 e. The van der Waals surface area contributed by atoms with Gasteiger partial charge >= 0.3 is 6.18 Å². The van der Waals surface area contributed by atoms with Gasteiger partial charge in [0.1, 0.15) is 5.02 Å². The lowest BCUT2D eigenvalue weighted by molar-refractivity contribution is -0.385. The van der Waals surface area contributed by atoms with E-state index in [1.807, 2.05) is 0 Å². The van der Waals surface area contributed by atoms with Crippen LogP contribution in [0.25, 0.3) is 0 Å². The lowest BCUT2D eigenvalue weighted by Crippen LogP contribution is -2.07. The third-order valence-corrected chi connectivity index (χ3v) is 2.26. The second-order valence-electron chi connectivity index (χ2n) is 2.88. The number of hydrogen-bond acceptors (Lipinski definition) is 3. The first-order valence-corrected chi connectivity index (χ1v) is 4.30. The highest BCUT2D eigenvalue weighted by molar-refractivity contribution is 6.33. The zero-order valence-electron chi connectivity index (χ0n) is 7.58. The number of aliphatic hydroxyl groups is 1. The maximum absolute atomic E-state index is 12.3. The Balaban J connectivity index is 3.46. The molecule has 0 amide bonds. The van der Waals surface area contributed by atoms with Crippen LogP contribution >= 0.6 is 11.6 Å². The summed E-state index contributed by atoms with van der Waals surface area (Å²) in [4.78, 5) is 9.41. The van der Waals surface area contributed by atoms with Crippen LogP contribution in [0.1, 0.15) is 11.1 Å². The molecule has 0 aromatic heterocycles. The summed E-state index contributed by atoms with van der Waals surface area (Å²) in [5, 5.41) is 18.7. The van der Waals surface area contributed by atoms with Crippen LogP contribution in [0.5, 0.6) is 0 Å². The lowest BCUT2D eigenvalue weighted by atomic mass is 10.1. The average molecular weight is 256 g/mol. The monoisotopic (exact) mass is 255 g/mol. The summed E-state index contributed by atoms with van der Waals surface area (Å²) in [6.07, 6.45) is -4.72. The van der Waals surface area contributed by atoms with Gasteiger partial charge in [0, 0.05) is 11.6 Å². The van der Waals surface area contributed by atoms with Crippen molar-refractivity contribution in [2.24, 2.45) is 0 Å². The van der Waals surface area contributed by atoms with Crippen LogP contribution in [0, 0.1) is 10.1 Å². The van der Waals surface area contributed by atoms with Crippen LogP contribution < -0.4 is 0 Å². The number of nitrogens with zero attached hydrogens (tertiary/aromatic N) is 1. The molecule has 1 rings (SSSR count). The van der Waals surface area contributed by atoms with Crippen molar-refractivity contribution in [2.45, 2.75) is 12.8 Å². The Kier molecular flexibility index (Phi) is 3.39. The van der Waals surface area contributed by atoms with Crippen LogP contribution in [0.4, 0.5) is 18.9 Å². The molecule has 1 aromatic rings. The normalized spacial score (nSPS) is 11.6. The van der Waals surface area contributed by atoms with Crippen molar-refractivity contribution in [2.75, 3.05) is 0 Å². The van der Waals surface area contributed by atoms with E-state index in [0.717, 1.165) is 0 Å². The number of alkyl halides is 3. The maximum atomic E-state index is 12.3. The number of rotatable bonds is 2. The van der Waals surface area contributed by atoms with Gasteiger partial charge in [0.05, 0.1) is 17.1 Å². The molecule has 16 heavy (non-hydrogen) atoms. The van der Waals surface area contributed by atoms with Crippen molar-refractivity contribution in [1.29, 1.82) is 0 Å². The summed E-state index contributed by atoms with van der Waals surface area (Å²) in [6.45, 7) is -0.802. The molecular formula is C8H5ClF3NO3. The van der Waals surface area contributed by atoms with Crippen LogP contribution in [-0.2, 0) is 12.8 Å². The number of benzene rings is 1. The highest BCUT2D eigenvalue weighted by atomic mass is 35.5. The standard InChI is InChI=1S/C8H5ClF3NO3/c9-7-4(3-14)1-5(8(10,11)12)2-6(7)13(15)16/h1-2,14H,3H2.